The number of carbonyl (C=O) groups is 1. The Morgan fingerprint density at radius 1 is 1.79 bits per heavy atom. The first kappa shape index (κ1) is 11.5. The van der Waals surface area contributed by atoms with Crippen LogP contribution < -0.4 is 5.48 Å². The first-order valence-electron chi connectivity index (χ1n) is 4.03. The van der Waals surface area contributed by atoms with Crippen molar-refractivity contribution >= 4 is 29.0 Å². The third-order valence-corrected chi connectivity index (χ3v) is 3.15. The van der Waals surface area contributed by atoms with Crippen LogP contribution in [0.25, 0.3) is 0 Å². The molecule has 1 aromatic rings. The van der Waals surface area contributed by atoms with Gasteiger partial charge in [0.1, 0.15) is 0 Å². The quantitative estimate of drug-likeness (QED) is 0.779. The minimum absolute atomic E-state index is 0.121. The number of aromatic nitrogens is 1. The molecule has 0 atom stereocenters. The molecule has 0 spiro atoms. The highest BCUT2D eigenvalue weighted by Gasteiger charge is 2.02. The Morgan fingerprint density at radius 2 is 2.57 bits per heavy atom. The lowest BCUT2D eigenvalue weighted by atomic mass is 10.6. The largest absolute Gasteiger partial charge is 0.277 e. The zero-order valence-electron chi connectivity index (χ0n) is 8.07. The molecule has 1 heterocycles. The van der Waals surface area contributed by atoms with E-state index in [0.717, 1.165) is 16.5 Å². The smallest absolute Gasteiger partial charge is 0.253 e. The molecule has 0 saturated heterocycles. The summed E-state index contributed by atoms with van der Waals surface area (Å²) < 4.78 is 0. The van der Waals surface area contributed by atoms with Crippen molar-refractivity contribution in [3.05, 3.63) is 16.1 Å². The summed E-state index contributed by atoms with van der Waals surface area (Å²) in [6.07, 6.45) is 0. The van der Waals surface area contributed by atoms with Crippen molar-refractivity contribution in [3.63, 3.8) is 0 Å². The molecule has 6 heteroatoms. The predicted molar refractivity (Wildman–Crippen MR) is 58.2 cm³/mol. The van der Waals surface area contributed by atoms with Gasteiger partial charge < -0.3 is 0 Å². The van der Waals surface area contributed by atoms with Gasteiger partial charge in [-0.15, -0.1) is 23.1 Å². The highest BCUT2D eigenvalue weighted by molar-refractivity contribution is 7.99. The van der Waals surface area contributed by atoms with E-state index in [0.29, 0.717) is 5.75 Å². The SMILES string of the molecule is CONC(=O)CSCc1csc(C)n1. The molecule has 1 amide bonds. The number of hydrogen-bond donors (Lipinski definition) is 1. The topological polar surface area (TPSA) is 51.2 Å². The second-order valence-electron chi connectivity index (χ2n) is 2.58. The lowest BCUT2D eigenvalue weighted by Gasteiger charge is -2.00. The van der Waals surface area contributed by atoms with Crippen molar-refractivity contribution in [2.75, 3.05) is 12.9 Å². The van der Waals surface area contributed by atoms with E-state index in [4.69, 9.17) is 0 Å². The minimum atomic E-state index is -0.121. The molecule has 0 aromatic carbocycles. The fourth-order valence-corrected chi connectivity index (χ4v) is 2.29. The van der Waals surface area contributed by atoms with Gasteiger partial charge in [0, 0.05) is 11.1 Å². The lowest BCUT2D eigenvalue weighted by Crippen LogP contribution is -2.23. The maximum atomic E-state index is 11.0. The number of rotatable bonds is 5. The van der Waals surface area contributed by atoms with E-state index in [9.17, 15) is 4.79 Å². The summed E-state index contributed by atoms with van der Waals surface area (Å²) in [5, 5.41) is 3.07. The molecule has 0 saturated carbocycles. The van der Waals surface area contributed by atoms with Crippen LogP contribution in [0.5, 0.6) is 0 Å². The Hall–Kier alpha value is -0.590. The van der Waals surface area contributed by atoms with Crippen LogP contribution in [-0.2, 0) is 15.4 Å². The Kier molecular flexibility index (Phi) is 4.92. The second-order valence-corrected chi connectivity index (χ2v) is 4.63. The third-order valence-electron chi connectivity index (χ3n) is 1.37. The molecule has 1 aromatic heterocycles. The van der Waals surface area contributed by atoms with Gasteiger partial charge in [-0.05, 0) is 6.92 Å². The summed E-state index contributed by atoms with van der Waals surface area (Å²) >= 11 is 3.14. The van der Waals surface area contributed by atoms with Gasteiger partial charge in [-0.2, -0.15) is 0 Å². The molecule has 0 fully saturated rings. The maximum absolute atomic E-state index is 11.0. The normalized spacial score (nSPS) is 10.1. The predicted octanol–water partition coefficient (Wildman–Crippen LogP) is 1.36. The van der Waals surface area contributed by atoms with Crippen LogP contribution in [0.1, 0.15) is 10.7 Å². The Bertz CT molecular complexity index is 301. The zero-order chi connectivity index (χ0) is 10.4. The number of aryl methyl sites for hydroxylation is 1. The highest BCUT2D eigenvalue weighted by atomic mass is 32.2. The van der Waals surface area contributed by atoms with Gasteiger partial charge >= 0.3 is 0 Å². The molecule has 0 aliphatic rings. The van der Waals surface area contributed by atoms with E-state index in [2.05, 4.69) is 15.3 Å². The Morgan fingerprint density at radius 3 is 3.14 bits per heavy atom. The molecule has 0 radical (unpaired) electrons. The second kappa shape index (κ2) is 6.00. The molecule has 4 nitrogen and oxygen atoms in total. The fourth-order valence-electron chi connectivity index (χ4n) is 0.866. The molecule has 1 N–H and O–H groups in total. The maximum Gasteiger partial charge on any atom is 0.253 e. The Balaban J connectivity index is 2.18. The van der Waals surface area contributed by atoms with Gasteiger partial charge in [-0.25, -0.2) is 10.5 Å². The Labute approximate surface area is 91.0 Å². The van der Waals surface area contributed by atoms with E-state index < -0.39 is 0 Å². The number of thioether (sulfide) groups is 1. The lowest BCUT2D eigenvalue weighted by molar-refractivity contribution is -0.128. The van der Waals surface area contributed by atoms with Crippen LogP contribution >= 0.6 is 23.1 Å². The van der Waals surface area contributed by atoms with Gasteiger partial charge in [0.15, 0.2) is 0 Å². The molecule has 0 unspecified atom stereocenters. The molecular weight excluding hydrogens is 220 g/mol. The van der Waals surface area contributed by atoms with Crippen LogP contribution in [0.3, 0.4) is 0 Å². The number of hydrogen-bond acceptors (Lipinski definition) is 5. The van der Waals surface area contributed by atoms with Crippen LogP contribution in [0.2, 0.25) is 0 Å². The van der Waals surface area contributed by atoms with Crippen molar-refractivity contribution in [2.24, 2.45) is 0 Å². The molecular formula is C8H12N2O2S2. The minimum Gasteiger partial charge on any atom is -0.277 e. The molecule has 1 rings (SSSR count). The molecule has 14 heavy (non-hydrogen) atoms. The van der Waals surface area contributed by atoms with Crippen molar-refractivity contribution in [1.29, 1.82) is 0 Å². The summed E-state index contributed by atoms with van der Waals surface area (Å²) in [4.78, 5) is 19.7. The number of carbonyl (C=O) groups excluding carboxylic acids is 1. The van der Waals surface area contributed by atoms with Crippen LogP contribution in [0.4, 0.5) is 0 Å². The van der Waals surface area contributed by atoms with Gasteiger partial charge in [0.2, 0.25) is 0 Å². The number of thiazole rings is 1. The van der Waals surface area contributed by atoms with Gasteiger partial charge in [0.25, 0.3) is 5.91 Å². The molecule has 78 valence electrons. The van der Waals surface area contributed by atoms with E-state index in [-0.39, 0.29) is 5.91 Å². The highest BCUT2D eigenvalue weighted by Crippen LogP contribution is 2.14. The fraction of sp³-hybridized carbons (Fsp3) is 0.500. The van der Waals surface area contributed by atoms with Crippen molar-refractivity contribution in [2.45, 2.75) is 12.7 Å². The van der Waals surface area contributed by atoms with E-state index in [1.165, 1.54) is 18.9 Å². The van der Waals surface area contributed by atoms with Crippen LogP contribution in [0, 0.1) is 6.92 Å². The van der Waals surface area contributed by atoms with E-state index in [1.54, 1.807) is 11.3 Å². The van der Waals surface area contributed by atoms with E-state index in [1.807, 2.05) is 12.3 Å². The number of nitrogens with zero attached hydrogens (tertiary/aromatic N) is 1. The first-order chi connectivity index (χ1) is 6.72. The van der Waals surface area contributed by atoms with Crippen LogP contribution in [-0.4, -0.2) is 23.8 Å². The standard InChI is InChI=1S/C8H12N2O2S2/c1-6-9-7(4-14-6)3-13-5-8(11)10-12-2/h4H,3,5H2,1-2H3,(H,10,11). The summed E-state index contributed by atoms with van der Waals surface area (Å²) in [5.74, 6) is 1.04. The third kappa shape index (κ3) is 4.08. The average Bonchev–Trinajstić information content (AvgIpc) is 2.52. The monoisotopic (exact) mass is 232 g/mol. The van der Waals surface area contributed by atoms with Crippen molar-refractivity contribution in [1.82, 2.24) is 10.5 Å². The summed E-state index contributed by atoms with van der Waals surface area (Å²) in [6, 6.07) is 0. The number of nitrogens with one attached hydrogen (secondary N) is 1. The van der Waals surface area contributed by atoms with E-state index >= 15 is 0 Å². The zero-order valence-corrected chi connectivity index (χ0v) is 9.70. The number of hydroxylamine groups is 1. The average molecular weight is 232 g/mol. The van der Waals surface area contributed by atoms with Gasteiger partial charge in [-0.1, -0.05) is 0 Å². The summed E-state index contributed by atoms with van der Waals surface area (Å²) in [5.41, 5.74) is 3.29. The molecule has 0 bridgehead atoms. The molecule has 0 aliphatic carbocycles. The van der Waals surface area contributed by atoms with Crippen molar-refractivity contribution < 1.29 is 9.63 Å². The summed E-state index contributed by atoms with van der Waals surface area (Å²) in [7, 11) is 1.42. The van der Waals surface area contributed by atoms with Crippen LogP contribution in [0.15, 0.2) is 5.38 Å². The first-order valence-corrected chi connectivity index (χ1v) is 6.06. The summed E-state index contributed by atoms with van der Waals surface area (Å²) in [6.45, 7) is 1.97. The van der Waals surface area contributed by atoms with Crippen molar-refractivity contribution in [3.8, 4) is 0 Å². The van der Waals surface area contributed by atoms with Gasteiger partial charge in [0.05, 0.1) is 23.6 Å². The molecule has 0 aliphatic heterocycles. The number of amides is 1. The van der Waals surface area contributed by atoms with Gasteiger partial charge in [-0.3, -0.25) is 9.63 Å².